The van der Waals surface area contributed by atoms with Crippen LogP contribution in [0.25, 0.3) is 18.2 Å². The van der Waals surface area contributed by atoms with Gasteiger partial charge in [0.25, 0.3) is 0 Å². The maximum Gasteiger partial charge on any atom is -0.0184 e. The smallest absolute Gasteiger partial charge is 0.0184 e. The van der Waals surface area contributed by atoms with Gasteiger partial charge in [-0.2, -0.15) is 0 Å². The maximum absolute atomic E-state index is 3.77. The van der Waals surface area contributed by atoms with Crippen molar-refractivity contribution in [2.24, 2.45) is 0 Å². The van der Waals surface area contributed by atoms with Gasteiger partial charge in [0.05, 0.1) is 0 Å². The van der Waals surface area contributed by atoms with Crippen LogP contribution < -0.4 is 0 Å². The first-order chi connectivity index (χ1) is 6.81. The Bertz CT molecular complexity index is 381. The fraction of sp³-hybridized carbons (Fsp3) is 0. The Balaban J connectivity index is 3.13. The molecular weight excluding hydrogens is 168 g/mol. The molecule has 0 radical (unpaired) electrons. The van der Waals surface area contributed by atoms with E-state index in [1.54, 1.807) is 6.08 Å². The average Bonchev–Trinajstić information content (AvgIpc) is 2.25. The van der Waals surface area contributed by atoms with Crippen LogP contribution in [0.2, 0.25) is 0 Å². The zero-order valence-corrected chi connectivity index (χ0v) is 8.24. The first kappa shape index (κ1) is 10.3. The molecule has 0 amide bonds. The van der Waals surface area contributed by atoms with Crippen molar-refractivity contribution in [3.63, 3.8) is 0 Å². The minimum atomic E-state index is 1.10. The molecule has 0 bridgehead atoms. The second kappa shape index (κ2) is 5.03. The lowest BCUT2D eigenvalue weighted by molar-refractivity contribution is 1.58. The number of hydrogen-bond donors (Lipinski definition) is 0. The summed E-state index contributed by atoms with van der Waals surface area (Å²) >= 11 is 0. The number of rotatable bonds is 4. The highest BCUT2D eigenvalue weighted by Gasteiger charge is 1.95. The van der Waals surface area contributed by atoms with Gasteiger partial charge >= 0.3 is 0 Å². The number of benzene rings is 1. The van der Waals surface area contributed by atoms with Crippen LogP contribution in [-0.4, -0.2) is 0 Å². The lowest BCUT2D eigenvalue weighted by atomic mass is 10.0. The molecule has 1 aromatic carbocycles. The largest absolute Gasteiger partial charge is 0.0991 e. The number of hydrogen-bond acceptors (Lipinski definition) is 0. The Labute approximate surface area is 85.6 Å². The van der Waals surface area contributed by atoms with E-state index in [4.69, 9.17) is 0 Å². The predicted octanol–water partition coefficient (Wildman–Crippen LogP) is 4.17. The second-order valence-corrected chi connectivity index (χ2v) is 2.89. The van der Waals surface area contributed by atoms with Gasteiger partial charge in [0.2, 0.25) is 0 Å². The highest BCUT2D eigenvalue weighted by atomic mass is 14.0. The van der Waals surface area contributed by atoms with Crippen LogP contribution in [0.4, 0.5) is 0 Å². The lowest BCUT2D eigenvalue weighted by Gasteiger charge is -2.01. The molecule has 0 spiro atoms. The Morgan fingerprint density at radius 1 is 0.929 bits per heavy atom. The van der Waals surface area contributed by atoms with E-state index in [0.29, 0.717) is 0 Å². The van der Waals surface area contributed by atoms with Crippen molar-refractivity contribution in [3.8, 4) is 0 Å². The Kier molecular flexibility index (Phi) is 3.69. The monoisotopic (exact) mass is 182 g/mol. The maximum atomic E-state index is 3.77. The Hall–Kier alpha value is -1.82. The molecular formula is C14H14. The summed E-state index contributed by atoms with van der Waals surface area (Å²) in [7, 11) is 0. The number of allylic oxidation sites excluding steroid dienone is 2. The summed E-state index contributed by atoms with van der Waals surface area (Å²) in [6, 6.07) is 6.15. The Morgan fingerprint density at radius 3 is 2.21 bits per heavy atom. The summed E-state index contributed by atoms with van der Waals surface area (Å²) < 4.78 is 0. The lowest BCUT2D eigenvalue weighted by Crippen LogP contribution is -1.81. The van der Waals surface area contributed by atoms with Crippen molar-refractivity contribution in [1.82, 2.24) is 0 Å². The molecule has 0 saturated carbocycles. The van der Waals surface area contributed by atoms with Crippen molar-refractivity contribution in [2.45, 2.75) is 0 Å². The van der Waals surface area contributed by atoms with Crippen LogP contribution in [-0.2, 0) is 0 Å². The molecule has 0 N–H and O–H groups in total. The van der Waals surface area contributed by atoms with Gasteiger partial charge in [-0.25, -0.2) is 0 Å². The Morgan fingerprint density at radius 2 is 1.64 bits per heavy atom. The van der Waals surface area contributed by atoms with Crippen molar-refractivity contribution in [1.29, 1.82) is 0 Å². The van der Waals surface area contributed by atoms with Gasteiger partial charge in [0.1, 0.15) is 0 Å². The topological polar surface area (TPSA) is 0 Å². The molecule has 0 unspecified atom stereocenters. The summed E-state index contributed by atoms with van der Waals surface area (Å²) in [5.41, 5.74) is 3.35. The molecule has 0 aliphatic carbocycles. The van der Waals surface area contributed by atoms with Crippen molar-refractivity contribution in [2.75, 3.05) is 0 Å². The third-order valence-corrected chi connectivity index (χ3v) is 1.98. The zero-order chi connectivity index (χ0) is 10.4. The molecule has 0 heteroatoms. The van der Waals surface area contributed by atoms with Crippen molar-refractivity contribution < 1.29 is 0 Å². The molecule has 1 rings (SSSR count). The molecule has 0 aromatic heterocycles. The summed E-state index contributed by atoms with van der Waals surface area (Å²) in [5.74, 6) is 0. The summed E-state index contributed by atoms with van der Waals surface area (Å²) in [4.78, 5) is 0. The molecule has 14 heavy (non-hydrogen) atoms. The molecule has 1 aromatic rings. The third kappa shape index (κ3) is 2.33. The van der Waals surface area contributed by atoms with Crippen LogP contribution in [0, 0.1) is 0 Å². The van der Waals surface area contributed by atoms with Crippen LogP contribution in [0.1, 0.15) is 16.7 Å². The first-order valence-corrected chi connectivity index (χ1v) is 4.50. The van der Waals surface area contributed by atoms with Gasteiger partial charge in [0, 0.05) is 0 Å². The summed E-state index contributed by atoms with van der Waals surface area (Å²) in [5, 5.41) is 0. The van der Waals surface area contributed by atoms with E-state index in [0.717, 1.165) is 16.7 Å². The normalized spacial score (nSPS) is 10.0. The predicted molar refractivity (Wildman–Crippen MR) is 65.9 cm³/mol. The van der Waals surface area contributed by atoms with Gasteiger partial charge in [-0.3, -0.25) is 0 Å². The first-order valence-electron chi connectivity index (χ1n) is 4.50. The van der Waals surface area contributed by atoms with E-state index >= 15 is 0 Å². The van der Waals surface area contributed by atoms with E-state index in [-0.39, 0.29) is 0 Å². The van der Waals surface area contributed by atoms with Gasteiger partial charge in [-0.1, -0.05) is 62.2 Å². The second-order valence-electron chi connectivity index (χ2n) is 2.89. The summed E-state index contributed by atoms with van der Waals surface area (Å²) in [6.45, 7) is 11.1. The average molecular weight is 182 g/mol. The fourth-order valence-electron chi connectivity index (χ4n) is 1.24. The molecule has 0 atom stereocenters. The van der Waals surface area contributed by atoms with E-state index in [1.807, 2.05) is 36.4 Å². The van der Waals surface area contributed by atoms with E-state index in [9.17, 15) is 0 Å². The van der Waals surface area contributed by atoms with E-state index in [2.05, 4.69) is 25.8 Å². The van der Waals surface area contributed by atoms with Gasteiger partial charge in [-0.15, -0.1) is 0 Å². The van der Waals surface area contributed by atoms with E-state index < -0.39 is 0 Å². The molecule has 0 nitrogen and oxygen atoms in total. The minimum Gasteiger partial charge on any atom is -0.0991 e. The van der Waals surface area contributed by atoms with Crippen LogP contribution in [0.15, 0.2) is 50.1 Å². The van der Waals surface area contributed by atoms with E-state index in [1.165, 1.54) is 0 Å². The highest BCUT2D eigenvalue weighted by molar-refractivity contribution is 5.67. The third-order valence-electron chi connectivity index (χ3n) is 1.98. The fourth-order valence-corrected chi connectivity index (χ4v) is 1.24. The van der Waals surface area contributed by atoms with Crippen molar-refractivity contribution >= 4 is 18.2 Å². The SMILES string of the molecule is C=CC=Cc1ccc(C=C)c(C=C)c1. The van der Waals surface area contributed by atoms with Gasteiger partial charge in [-0.05, 0) is 22.8 Å². The summed E-state index contributed by atoms with van der Waals surface area (Å²) in [6.07, 6.45) is 9.35. The van der Waals surface area contributed by atoms with Gasteiger partial charge < -0.3 is 0 Å². The van der Waals surface area contributed by atoms with Crippen LogP contribution in [0.5, 0.6) is 0 Å². The molecule has 0 heterocycles. The standard InChI is InChI=1S/C14H14/c1-4-7-8-12-9-10-13(5-2)14(6-3)11-12/h4-11H,1-3H2. The molecule has 70 valence electrons. The van der Waals surface area contributed by atoms with Crippen molar-refractivity contribution in [3.05, 3.63) is 66.8 Å². The quantitative estimate of drug-likeness (QED) is 0.613. The minimum absolute atomic E-state index is 1.10. The molecule has 0 saturated heterocycles. The highest BCUT2D eigenvalue weighted by Crippen LogP contribution is 2.15. The molecule has 0 aliphatic rings. The van der Waals surface area contributed by atoms with Gasteiger partial charge in [0.15, 0.2) is 0 Å². The molecule has 0 fully saturated rings. The zero-order valence-electron chi connectivity index (χ0n) is 8.24. The van der Waals surface area contributed by atoms with Crippen LogP contribution in [0.3, 0.4) is 0 Å². The van der Waals surface area contributed by atoms with Crippen LogP contribution >= 0.6 is 0 Å². The molecule has 0 aliphatic heterocycles.